The molecule has 0 fully saturated rings. The molecule has 0 heterocycles. The van der Waals surface area contributed by atoms with Crippen LogP contribution in [0.5, 0.6) is 0 Å². The molecule has 3 aromatic carbocycles. The molecule has 27 heavy (non-hydrogen) atoms. The number of benzene rings is 3. The lowest BCUT2D eigenvalue weighted by atomic mass is 10.3. The van der Waals surface area contributed by atoms with Gasteiger partial charge in [-0.15, -0.1) is 0 Å². The molecule has 0 saturated carbocycles. The van der Waals surface area contributed by atoms with E-state index in [4.69, 9.17) is 38.4 Å². The molecule has 0 spiro atoms. The lowest BCUT2D eigenvalue weighted by molar-refractivity contribution is 0.515. The van der Waals surface area contributed by atoms with Crippen molar-refractivity contribution in [2.45, 2.75) is 14.7 Å². The van der Waals surface area contributed by atoms with Gasteiger partial charge in [-0.3, -0.25) is 0 Å². The van der Waals surface area contributed by atoms with Crippen LogP contribution in [0.2, 0.25) is 15.1 Å². The molecule has 0 atom stereocenters. The molecule has 0 aliphatic heterocycles. The second kappa shape index (κ2) is 8.03. The van der Waals surface area contributed by atoms with Crippen molar-refractivity contribution in [2.75, 3.05) is 6.26 Å². The van der Waals surface area contributed by atoms with Gasteiger partial charge in [0.2, 0.25) is 0 Å². The van der Waals surface area contributed by atoms with Crippen molar-refractivity contribution in [1.82, 2.24) is 0 Å². The quantitative estimate of drug-likeness (QED) is 0.418. The summed E-state index contributed by atoms with van der Waals surface area (Å²) >= 11 is 18.1. The number of hydrogen-bond acceptors (Lipinski definition) is 3. The summed E-state index contributed by atoms with van der Waals surface area (Å²) in [6.45, 7) is 0. The third-order valence-electron chi connectivity index (χ3n) is 3.66. The molecule has 0 radical (unpaired) electrons. The first-order valence-corrected chi connectivity index (χ1v) is 12.2. The highest BCUT2D eigenvalue weighted by Crippen LogP contribution is 2.70. The van der Waals surface area contributed by atoms with Crippen LogP contribution in [0.15, 0.2) is 87.5 Å². The third kappa shape index (κ3) is 4.62. The molecule has 0 N–H and O–H groups in total. The van der Waals surface area contributed by atoms with Crippen LogP contribution in [0.3, 0.4) is 0 Å². The Bertz CT molecular complexity index is 922. The van der Waals surface area contributed by atoms with Crippen LogP contribution in [0, 0.1) is 0 Å². The summed E-state index contributed by atoms with van der Waals surface area (Å²) in [7, 11) is -6.42. The highest BCUT2D eigenvalue weighted by molar-refractivity contribution is 8.33. The van der Waals surface area contributed by atoms with E-state index in [9.17, 15) is 8.42 Å². The Hall–Kier alpha value is -1.21. The molecule has 0 unspecified atom stereocenters. The van der Waals surface area contributed by atoms with Crippen LogP contribution in [-0.2, 0) is 13.7 Å². The van der Waals surface area contributed by atoms with E-state index in [0.29, 0.717) is 29.8 Å². The largest absolute Gasteiger partial charge is 0.274 e. The normalized spacial score (nSPS) is 12.7. The topological polar surface area (TPSA) is 43.4 Å². The maximum atomic E-state index is 12.3. The lowest BCUT2D eigenvalue weighted by Crippen LogP contribution is -2.13. The maximum Gasteiger partial charge on any atom is 0.274 e. The first kappa shape index (κ1) is 20.5. The van der Waals surface area contributed by atoms with Crippen molar-refractivity contribution < 1.29 is 12.0 Å². The van der Waals surface area contributed by atoms with Gasteiger partial charge in [0.05, 0.1) is 6.26 Å². The predicted octanol–water partition coefficient (Wildman–Crippen LogP) is 6.82. The highest BCUT2D eigenvalue weighted by atomic mass is 35.5. The summed E-state index contributed by atoms with van der Waals surface area (Å²) in [4.78, 5) is 2.05. The number of rotatable bonds is 5. The van der Waals surface area contributed by atoms with Gasteiger partial charge in [-0.1, -0.05) is 34.8 Å². The average Bonchev–Trinajstić information content (AvgIpc) is 2.61. The minimum atomic E-state index is -3.82. The molecule has 0 saturated heterocycles. The minimum absolute atomic E-state index is 0.540. The van der Waals surface area contributed by atoms with Gasteiger partial charge >= 0.3 is 0 Å². The maximum absolute atomic E-state index is 12.3. The predicted molar refractivity (Wildman–Crippen MR) is 113 cm³/mol. The fourth-order valence-corrected chi connectivity index (χ4v) is 7.77. The van der Waals surface area contributed by atoms with Gasteiger partial charge in [0.1, 0.15) is 0 Å². The number of hydrogen-bond donors (Lipinski definition) is 0. The van der Waals surface area contributed by atoms with Crippen molar-refractivity contribution >= 4 is 55.2 Å². The van der Waals surface area contributed by atoms with Crippen LogP contribution < -0.4 is 0 Å². The Labute approximate surface area is 175 Å². The molecule has 0 aliphatic rings. The van der Waals surface area contributed by atoms with Gasteiger partial charge in [-0.05, 0) is 83.1 Å². The van der Waals surface area contributed by atoms with Crippen molar-refractivity contribution in [2.24, 2.45) is 0 Å². The molecule has 3 aromatic rings. The average molecular weight is 462 g/mol. The highest BCUT2D eigenvalue weighted by Gasteiger charge is 2.36. The molecule has 3 rings (SSSR count). The zero-order chi connectivity index (χ0) is 19.7. The zero-order valence-electron chi connectivity index (χ0n) is 14.1. The fourth-order valence-electron chi connectivity index (χ4n) is 2.59. The minimum Gasteiger partial charge on any atom is -0.207 e. The Balaban J connectivity index is 2.37. The Morgan fingerprint density at radius 2 is 0.852 bits per heavy atom. The van der Waals surface area contributed by atoms with E-state index in [1.807, 2.05) is 0 Å². The van der Waals surface area contributed by atoms with Crippen molar-refractivity contribution in [3.63, 3.8) is 0 Å². The van der Waals surface area contributed by atoms with Gasteiger partial charge in [-0.25, -0.2) is 3.63 Å². The molecule has 0 amide bonds. The molecular formula is C19H15Cl3O3S2. The summed E-state index contributed by atoms with van der Waals surface area (Å²) in [6.07, 6.45) is 1.04. The Kier molecular flexibility index (Phi) is 6.11. The van der Waals surface area contributed by atoms with Gasteiger partial charge < -0.3 is 0 Å². The summed E-state index contributed by atoms with van der Waals surface area (Å²) in [6, 6.07) is 20.8. The van der Waals surface area contributed by atoms with E-state index in [2.05, 4.69) is 0 Å². The van der Waals surface area contributed by atoms with Crippen molar-refractivity contribution in [3.05, 3.63) is 87.9 Å². The molecular weight excluding hydrogens is 447 g/mol. The molecule has 3 nitrogen and oxygen atoms in total. The second-order valence-electron chi connectivity index (χ2n) is 5.69. The Morgan fingerprint density at radius 3 is 1.07 bits per heavy atom. The van der Waals surface area contributed by atoms with E-state index < -0.39 is 20.4 Å². The van der Waals surface area contributed by atoms with E-state index >= 15 is 0 Å². The summed E-state index contributed by atoms with van der Waals surface area (Å²) in [5, 5.41) is 1.62. The second-order valence-corrected chi connectivity index (χ2v) is 11.5. The first-order valence-electron chi connectivity index (χ1n) is 7.72. The Morgan fingerprint density at radius 1 is 0.593 bits per heavy atom. The van der Waals surface area contributed by atoms with Gasteiger partial charge in [-0.2, -0.15) is 8.42 Å². The van der Waals surface area contributed by atoms with Crippen molar-refractivity contribution in [1.29, 1.82) is 0 Å². The molecule has 142 valence electrons. The fraction of sp³-hybridized carbons (Fsp3) is 0.0526. The van der Waals surface area contributed by atoms with E-state index in [1.54, 1.807) is 72.8 Å². The molecule has 0 aromatic heterocycles. The standard InChI is InChI=1S/C19H15Cl3O3S2/c1-26(23,24)25-27(17-8-2-14(20)3-9-17,18-10-4-15(21)5-11-18)19-12-6-16(22)7-13-19/h2-13H,1H3. The summed E-state index contributed by atoms with van der Waals surface area (Å²) in [5.41, 5.74) is 0. The third-order valence-corrected chi connectivity index (χ3v) is 9.03. The monoisotopic (exact) mass is 460 g/mol. The zero-order valence-corrected chi connectivity index (χ0v) is 18.0. The number of halogens is 3. The van der Waals surface area contributed by atoms with Crippen LogP contribution in [0.1, 0.15) is 0 Å². The van der Waals surface area contributed by atoms with Gasteiger partial charge in [0.25, 0.3) is 10.1 Å². The van der Waals surface area contributed by atoms with Crippen LogP contribution in [0.25, 0.3) is 0 Å². The van der Waals surface area contributed by atoms with E-state index in [1.165, 1.54) is 0 Å². The van der Waals surface area contributed by atoms with Gasteiger partial charge in [0.15, 0.2) is 0 Å². The van der Waals surface area contributed by atoms with E-state index in [-0.39, 0.29) is 0 Å². The van der Waals surface area contributed by atoms with Crippen LogP contribution in [0.4, 0.5) is 0 Å². The molecule has 0 aliphatic carbocycles. The van der Waals surface area contributed by atoms with Crippen molar-refractivity contribution in [3.8, 4) is 0 Å². The van der Waals surface area contributed by atoms with Crippen LogP contribution >= 0.6 is 45.1 Å². The SMILES string of the molecule is CS(=O)(=O)OS(c1ccc(Cl)cc1)(c1ccc(Cl)cc1)c1ccc(Cl)cc1. The molecule has 8 heteroatoms. The van der Waals surface area contributed by atoms with Crippen LogP contribution in [-0.4, -0.2) is 14.7 Å². The smallest absolute Gasteiger partial charge is 0.207 e. The van der Waals surface area contributed by atoms with Gasteiger partial charge in [0, 0.05) is 29.8 Å². The lowest BCUT2D eigenvalue weighted by Gasteiger charge is -2.39. The first-order chi connectivity index (χ1) is 12.7. The molecule has 0 bridgehead atoms. The summed E-state index contributed by atoms with van der Waals surface area (Å²) < 4.78 is 30.4. The summed E-state index contributed by atoms with van der Waals surface area (Å²) in [5.74, 6) is 0. The van der Waals surface area contributed by atoms with E-state index in [0.717, 1.165) is 6.26 Å².